The summed E-state index contributed by atoms with van der Waals surface area (Å²) in [7, 11) is 1.49. The zero-order valence-electron chi connectivity index (χ0n) is 24.2. The average molecular weight is 581 g/mol. The van der Waals surface area contributed by atoms with Gasteiger partial charge in [0.05, 0.1) is 49.8 Å². The number of rotatable bonds is 9. The van der Waals surface area contributed by atoms with E-state index in [-0.39, 0.29) is 31.3 Å². The third-order valence-electron chi connectivity index (χ3n) is 8.37. The maximum absolute atomic E-state index is 11.2. The summed E-state index contributed by atoms with van der Waals surface area (Å²) in [6.07, 6.45) is 3.23. The molecule has 0 saturated carbocycles. The fourth-order valence-corrected chi connectivity index (χ4v) is 6.00. The van der Waals surface area contributed by atoms with E-state index in [1.54, 1.807) is 0 Å². The predicted molar refractivity (Wildman–Crippen MR) is 143 cm³/mol. The highest BCUT2D eigenvalue weighted by Gasteiger charge is 2.50. The van der Waals surface area contributed by atoms with Crippen LogP contribution >= 0.6 is 0 Å². The van der Waals surface area contributed by atoms with E-state index in [1.807, 2.05) is 0 Å². The molecule has 0 spiro atoms. The highest BCUT2D eigenvalue weighted by Crippen LogP contribution is 2.35. The van der Waals surface area contributed by atoms with Gasteiger partial charge in [0.2, 0.25) is 0 Å². The molecule has 3 aliphatic heterocycles. The molecule has 3 aliphatic rings. The van der Waals surface area contributed by atoms with Crippen molar-refractivity contribution in [2.45, 2.75) is 120 Å². The molecular formula is C27H54N3O10+. The normalized spacial score (nSPS) is 34.9. The van der Waals surface area contributed by atoms with Crippen molar-refractivity contribution in [2.24, 2.45) is 17.1 Å². The van der Waals surface area contributed by atoms with Crippen molar-refractivity contribution in [1.82, 2.24) is 5.01 Å². The lowest BCUT2D eigenvalue weighted by Crippen LogP contribution is -2.61. The summed E-state index contributed by atoms with van der Waals surface area (Å²) in [4.78, 5) is 0.270. The SMILES string of the molecule is COCCN(CC1O[C@@H]([C@@H](C)O)C2[C@@H](CO)O[C@H](CCCCCCCCCCCC1CO)[C@H](O)[C@H]2O)/[N+](O)=N/O. The van der Waals surface area contributed by atoms with Gasteiger partial charge in [-0.3, -0.25) is 0 Å². The highest BCUT2D eigenvalue weighted by molar-refractivity contribution is 4.97. The first-order chi connectivity index (χ1) is 19.3. The largest absolute Gasteiger partial charge is 0.396 e. The first kappa shape index (κ1) is 34.9. The van der Waals surface area contributed by atoms with Gasteiger partial charge >= 0.3 is 0 Å². The first-order valence-corrected chi connectivity index (χ1v) is 14.9. The fourth-order valence-electron chi connectivity index (χ4n) is 6.00. The second-order valence-corrected chi connectivity index (χ2v) is 11.3. The van der Waals surface area contributed by atoms with Crippen molar-refractivity contribution in [3.05, 3.63) is 0 Å². The van der Waals surface area contributed by atoms with Crippen molar-refractivity contribution in [3.63, 3.8) is 0 Å². The number of fused-ring (bicyclic) bond motifs is 16. The minimum atomic E-state index is -1.34. The van der Waals surface area contributed by atoms with Gasteiger partial charge in [0, 0.05) is 25.6 Å². The molecule has 3 rings (SSSR count). The van der Waals surface area contributed by atoms with Gasteiger partial charge in [-0.25, -0.2) is 5.21 Å². The quantitative estimate of drug-likeness (QED) is 0.118. The van der Waals surface area contributed by atoms with Crippen LogP contribution in [0.1, 0.15) is 77.6 Å². The predicted octanol–water partition coefficient (Wildman–Crippen LogP) is 1.24. The number of aliphatic hydroxyl groups excluding tert-OH is 5. The van der Waals surface area contributed by atoms with Crippen molar-refractivity contribution in [3.8, 4) is 0 Å². The van der Waals surface area contributed by atoms with Gasteiger partial charge < -0.3 is 45.0 Å². The standard InChI is InChI=1S/C27H53N3O10/c1-19(33)27-24-23(18-32)39-21(25(34)26(24)35)13-11-9-7-5-3-4-6-8-10-12-20(17-31)22(40-27)16-29(14-15-38-2)30(37)28-36/h19-27,31-35,37H,3-18H2,1-2H3/p+1/t19-,20?,21-,22?,23-,24?,25+,26+,27+/m1/s1. The fraction of sp³-hybridized carbons (Fsp3) is 1.00. The maximum Gasteiger partial charge on any atom is 0.271 e. The van der Waals surface area contributed by atoms with Crippen LogP contribution in [0.2, 0.25) is 0 Å². The minimum Gasteiger partial charge on any atom is -0.396 e. The van der Waals surface area contributed by atoms with Gasteiger partial charge in [0.25, 0.3) is 10.2 Å². The Morgan fingerprint density at radius 1 is 0.900 bits per heavy atom. The van der Waals surface area contributed by atoms with Crippen LogP contribution in [0.4, 0.5) is 0 Å². The van der Waals surface area contributed by atoms with Crippen molar-refractivity contribution < 1.29 is 55.1 Å². The van der Waals surface area contributed by atoms with E-state index in [9.17, 15) is 35.9 Å². The molecule has 0 aliphatic carbocycles. The highest BCUT2D eigenvalue weighted by atomic mass is 16.6. The van der Waals surface area contributed by atoms with Gasteiger partial charge in [-0.05, 0) is 19.8 Å². The number of aliphatic hydroxyl groups is 5. The zero-order chi connectivity index (χ0) is 29.5. The summed E-state index contributed by atoms with van der Waals surface area (Å²) in [6.45, 7) is 1.08. The van der Waals surface area contributed by atoms with Gasteiger partial charge in [0.15, 0.2) is 0 Å². The Morgan fingerprint density at radius 2 is 1.50 bits per heavy atom. The number of nitrogens with zero attached hydrogens (tertiary/aromatic N) is 3. The molecule has 0 amide bonds. The maximum atomic E-state index is 11.2. The lowest BCUT2D eigenvalue weighted by molar-refractivity contribution is -0.941. The molecule has 3 saturated heterocycles. The summed E-state index contributed by atoms with van der Waals surface area (Å²) < 4.78 is 17.6. The van der Waals surface area contributed by atoms with Gasteiger partial charge in [-0.2, -0.15) is 0 Å². The van der Waals surface area contributed by atoms with Gasteiger partial charge in [-0.15, -0.1) is 5.01 Å². The Morgan fingerprint density at radius 3 is 2.02 bits per heavy atom. The zero-order valence-corrected chi connectivity index (χ0v) is 24.2. The van der Waals surface area contributed by atoms with Crippen molar-refractivity contribution >= 4 is 0 Å². The van der Waals surface area contributed by atoms with Crippen LogP contribution in [-0.2, 0) is 14.2 Å². The van der Waals surface area contributed by atoms with Crippen molar-refractivity contribution in [1.29, 1.82) is 0 Å². The molecule has 13 heteroatoms. The summed E-state index contributed by atoms with van der Waals surface area (Å²) in [5.74, 6) is -1.40. The summed E-state index contributed by atoms with van der Waals surface area (Å²) in [5.41, 5.74) is 0. The van der Waals surface area contributed by atoms with Crippen LogP contribution in [-0.4, -0.2) is 129 Å². The van der Waals surface area contributed by atoms with Crippen LogP contribution in [0.25, 0.3) is 0 Å². The third-order valence-corrected chi connectivity index (χ3v) is 8.37. The van der Waals surface area contributed by atoms with E-state index in [4.69, 9.17) is 14.2 Å². The van der Waals surface area contributed by atoms with Crippen LogP contribution in [0.3, 0.4) is 0 Å². The lowest BCUT2D eigenvalue weighted by atomic mass is 9.80. The molecule has 0 aromatic carbocycles. The average Bonchev–Trinajstić information content (AvgIpc) is 2.95. The Balaban J connectivity index is 2.41. The molecule has 2 bridgehead atoms. The number of hydrogen-bond acceptors (Lipinski definition) is 9. The molecule has 3 unspecified atom stereocenters. The Hall–Kier alpha value is -1.32. The molecule has 9 atom stereocenters. The Bertz CT molecular complexity index is 701. The topological polar surface area (TPSA) is 188 Å². The summed E-state index contributed by atoms with van der Waals surface area (Å²) in [5, 5.41) is 77.2. The second-order valence-electron chi connectivity index (χ2n) is 11.3. The van der Waals surface area contributed by atoms with Crippen LogP contribution in [0, 0.1) is 11.8 Å². The second kappa shape index (κ2) is 19.0. The minimum absolute atomic E-state index is 0.0446. The molecule has 13 nitrogen and oxygen atoms in total. The molecule has 7 N–H and O–H groups in total. The summed E-state index contributed by atoms with van der Waals surface area (Å²) in [6, 6.07) is 0. The molecule has 0 aromatic heterocycles. The number of methoxy groups -OCH3 is 1. The van der Waals surface area contributed by atoms with E-state index < -0.39 is 61.2 Å². The molecule has 3 fully saturated rings. The summed E-state index contributed by atoms with van der Waals surface area (Å²) >= 11 is 0. The molecule has 40 heavy (non-hydrogen) atoms. The van der Waals surface area contributed by atoms with E-state index in [1.165, 1.54) is 19.0 Å². The lowest BCUT2D eigenvalue weighted by Gasteiger charge is -2.47. The molecule has 0 radical (unpaired) electrons. The Labute approximate surface area is 237 Å². The van der Waals surface area contributed by atoms with Gasteiger partial charge in [0.1, 0.15) is 19.2 Å². The number of hydrazine groups is 1. The first-order valence-electron chi connectivity index (χ1n) is 14.9. The molecule has 3 heterocycles. The number of ether oxygens (including phenoxy) is 3. The smallest absolute Gasteiger partial charge is 0.271 e. The van der Waals surface area contributed by atoms with Crippen LogP contribution in [0.5, 0.6) is 0 Å². The number of hydrogen-bond donors (Lipinski definition) is 7. The monoisotopic (exact) mass is 580 g/mol. The van der Waals surface area contributed by atoms with Crippen molar-refractivity contribution in [2.75, 3.05) is 40.0 Å². The van der Waals surface area contributed by atoms with E-state index >= 15 is 0 Å². The molecule has 236 valence electrons. The Kier molecular flexibility index (Phi) is 16.6. The van der Waals surface area contributed by atoms with E-state index in [0.29, 0.717) is 12.8 Å². The van der Waals surface area contributed by atoms with E-state index in [2.05, 4.69) is 5.28 Å². The van der Waals surface area contributed by atoms with Gasteiger partial charge in [-0.1, -0.05) is 57.8 Å². The van der Waals surface area contributed by atoms with Crippen LogP contribution < -0.4 is 0 Å². The van der Waals surface area contributed by atoms with Crippen LogP contribution in [0.15, 0.2) is 5.28 Å². The molecule has 0 aromatic rings. The molecular weight excluding hydrogens is 526 g/mol. The third kappa shape index (κ3) is 10.5. The van der Waals surface area contributed by atoms with E-state index in [0.717, 1.165) is 57.8 Å².